The van der Waals surface area contributed by atoms with Gasteiger partial charge in [-0.2, -0.15) is 0 Å². The Hall–Kier alpha value is -4.69. The van der Waals surface area contributed by atoms with Gasteiger partial charge in [-0.25, -0.2) is 4.79 Å². The second-order valence-electron chi connectivity index (χ2n) is 10.6. The molecule has 7 nitrogen and oxygen atoms in total. The van der Waals surface area contributed by atoms with Gasteiger partial charge in [0.1, 0.15) is 5.58 Å². The fourth-order valence-electron chi connectivity index (χ4n) is 5.45. The summed E-state index contributed by atoms with van der Waals surface area (Å²) in [5.74, 6) is -0.986. The number of carbonyl (C=O) groups excluding carboxylic acids is 1. The highest BCUT2D eigenvalue weighted by Crippen LogP contribution is 2.35. The van der Waals surface area contributed by atoms with Crippen molar-refractivity contribution in [2.45, 2.75) is 18.2 Å². The van der Waals surface area contributed by atoms with Crippen molar-refractivity contribution in [3.8, 4) is 0 Å². The van der Waals surface area contributed by atoms with Gasteiger partial charge in [0.2, 0.25) is 5.76 Å². The van der Waals surface area contributed by atoms with E-state index >= 15 is 0 Å². The van der Waals surface area contributed by atoms with E-state index in [1.165, 1.54) is 5.56 Å². The van der Waals surface area contributed by atoms with E-state index in [-0.39, 0.29) is 11.7 Å². The number of furan rings is 1. The van der Waals surface area contributed by atoms with Gasteiger partial charge in [0, 0.05) is 65.5 Å². The van der Waals surface area contributed by atoms with Crippen LogP contribution in [-0.4, -0.2) is 54.6 Å². The summed E-state index contributed by atoms with van der Waals surface area (Å²) in [7, 11) is 0. The lowest BCUT2D eigenvalue weighted by Crippen LogP contribution is -2.48. The monoisotopic (exact) mass is 591 g/mol. The summed E-state index contributed by atoms with van der Waals surface area (Å²) in [6, 6.07) is 34.3. The number of anilines is 2. The first-order valence-corrected chi connectivity index (χ1v) is 15.2. The number of hydrogen-bond donors (Lipinski definition) is 1. The van der Waals surface area contributed by atoms with Crippen molar-refractivity contribution in [2.24, 2.45) is 0 Å². The molecule has 5 aromatic rings. The van der Waals surface area contributed by atoms with Crippen LogP contribution < -0.4 is 9.21 Å². The maximum Gasteiger partial charge on any atom is 0.372 e. The Labute approximate surface area is 255 Å². The normalized spacial score (nSPS) is 13.3. The minimum atomic E-state index is -1.06. The Balaban J connectivity index is 1.18. The van der Waals surface area contributed by atoms with Crippen molar-refractivity contribution in [1.29, 1.82) is 0 Å². The van der Waals surface area contributed by atoms with Crippen LogP contribution in [0.15, 0.2) is 112 Å². The Morgan fingerprint density at radius 1 is 0.860 bits per heavy atom. The van der Waals surface area contributed by atoms with Gasteiger partial charge in [-0.05, 0) is 85.5 Å². The Kier molecular flexibility index (Phi) is 8.38. The number of aromatic carboxylic acids is 1. The van der Waals surface area contributed by atoms with Crippen LogP contribution in [0.1, 0.15) is 32.0 Å². The largest absolute Gasteiger partial charge is 0.475 e. The van der Waals surface area contributed by atoms with Crippen molar-refractivity contribution in [2.75, 3.05) is 41.9 Å². The fourth-order valence-corrected chi connectivity index (χ4v) is 6.42. The summed E-state index contributed by atoms with van der Waals surface area (Å²) >= 11 is 1.63. The van der Waals surface area contributed by atoms with Gasteiger partial charge in [0.15, 0.2) is 0 Å². The molecule has 2 heterocycles. The highest BCUT2D eigenvalue weighted by Gasteiger charge is 2.23. The summed E-state index contributed by atoms with van der Waals surface area (Å²) in [6.07, 6.45) is 0.878. The van der Waals surface area contributed by atoms with Crippen LogP contribution in [0.2, 0.25) is 0 Å². The van der Waals surface area contributed by atoms with E-state index in [0.29, 0.717) is 24.2 Å². The molecule has 6 rings (SSSR count). The van der Waals surface area contributed by atoms with Crippen molar-refractivity contribution in [3.63, 3.8) is 0 Å². The first kappa shape index (κ1) is 28.4. The number of carboxylic acid groups (broad SMARTS) is 1. The van der Waals surface area contributed by atoms with Crippen molar-refractivity contribution < 1.29 is 19.1 Å². The van der Waals surface area contributed by atoms with E-state index in [2.05, 4.69) is 57.7 Å². The number of carboxylic acids is 1. The van der Waals surface area contributed by atoms with Crippen molar-refractivity contribution >= 4 is 46.2 Å². The molecule has 1 saturated heterocycles. The molecule has 1 aromatic heterocycles. The molecule has 0 spiro atoms. The Morgan fingerprint density at radius 2 is 1.53 bits per heavy atom. The summed E-state index contributed by atoms with van der Waals surface area (Å²) in [6.45, 7) is 5.52. The molecule has 4 aromatic carbocycles. The molecule has 1 amide bonds. The van der Waals surface area contributed by atoms with Crippen LogP contribution in [-0.2, 0) is 6.42 Å². The summed E-state index contributed by atoms with van der Waals surface area (Å²) in [4.78, 5) is 29.7. The van der Waals surface area contributed by atoms with Crippen LogP contribution in [0, 0.1) is 6.92 Å². The van der Waals surface area contributed by atoms with Crippen LogP contribution >= 0.6 is 11.9 Å². The summed E-state index contributed by atoms with van der Waals surface area (Å²) in [5, 5.41) is 10.3. The molecule has 0 unspecified atom stereocenters. The summed E-state index contributed by atoms with van der Waals surface area (Å²) in [5.41, 5.74) is 5.43. The van der Waals surface area contributed by atoms with Gasteiger partial charge < -0.3 is 23.6 Å². The molecule has 0 bridgehead atoms. The number of carbonyl (C=O) groups is 2. The van der Waals surface area contributed by atoms with E-state index in [9.17, 15) is 14.7 Å². The number of rotatable bonds is 9. The molecule has 43 heavy (non-hydrogen) atoms. The van der Waals surface area contributed by atoms with E-state index in [4.69, 9.17) is 4.42 Å². The zero-order valence-corrected chi connectivity index (χ0v) is 24.8. The highest BCUT2D eigenvalue weighted by atomic mass is 32.2. The third-order valence-electron chi connectivity index (χ3n) is 7.85. The zero-order valence-electron chi connectivity index (χ0n) is 24.0. The molecule has 8 heteroatoms. The minimum Gasteiger partial charge on any atom is -0.475 e. The van der Waals surface area contributed by atoms with E-state index < -0.39 is 5.97 Å². The second kappa shape index (κ2) is 12.7. The lowest BCUT2D eigenvalue weighted by molar-refractivity contribution is 0.0663. The number of hydrogen-bond acceptors (Lipinski definition) is 6. The SMILES string of the molecule is Cc1c(C(=O)O)oc2ccc(SN(CCc3ccccc3)c3ccc(N4CCN(C(=O)c5ccccc5)CC4)cc3)cc12. The lowest BCUT2D eigenvalue weighted by Gasteiger charge is -2.36. The topological polar surface area (TPSA) is 77.2 Å². The molecule has 0 aliphatic carbocycles. The number of aryl methyl sites for hydroxylation is 1. The van der Waals surface area contributed by atoms with Crippen molar-refractivity contribution in [1.82, 2.24) is 4.90 Å². The third kappa shape index (κ3) is 6.39. The lowest BCUT2D eigenvalue weighted by atomic mass is 10.1. The quantitative estimate of drug-likeness (QED) is 0.182. The maximum atomic E-state index is 12.9. The molecule has 0 saturated carbocycles. The smallest absolute Gasteiger partial charge is 0.372 e. The average molecular weight is 592 g/mol. The molecule has 1 fully saturated rings. The average Bonchev–Trinajstić information content (AvgIpc) is 3.39. The van der Waals surface area contributed by atoms with E-state index in [1.807, 2.05) is 59.5 Å². The van der Waals surface area contributed by atoms with Gasteiger partial charge in [-0.3, -0.25) is 4.79 Å². The van der Waals surface area contributed by atoms with Gasteiger partial charge in [0.25, 0.3) is 5.91 Å². The third-order valence-corrected chi connectivity index (χ3v) is 8.93. The Bertz CT molecular complexity index is 1710. The van der Waals surface area contributed by atoms with E-state index in [0.717, 1.165) is 53.3 Å². The van der Waals surface area contributed by atoms with Gasteiger partial charge in [-0.15, -0.1) is 0 Å². The molecule has 1 N–H and O–H groups in total. The van der Waals surface area contributed by atoms with Crippen LogP contribution in [0.3, 0.4) is 0 Å². The fraction of sp³-hybridized carbons (Fsp3) is 0.200. The molecular weight excluding hydrogens is 558 g/mol. The first-order valence-electron chi connectivity index (χ1n) is 14.4. The Morgan fingerprint density at radius 3 is 2.21 bits per heavy atom. The minimum absolute atomic E-state index is 0.0149. The van der Waals surface area contributed by atoms with Gasteiger partial charge >= 0.3 is 5.97 Å². The number of fused-ring (bicyclic) bond motifs is 1. The van der Waals surface area contributed by atoms with Crippen LogP contribution in [0.25, 0.3) is 11.0 Å². The molecule has 0 radical (unpaired) electrons. The van der Waals surface area contributed by atoms with Crippen molar-refractivity contribution in [3.05, 3.63) is 126 Å². The second-order valence-corrected chi connectivity index (χ2v) is 11.7. The number of nitrogens with zero attached hydrogens (tertiary/aromatic N) is 3. The van der Waals surface area contributed by atoms with Crippen LogP contribution in [0.4, 0.5) is 11.4 Å². The van der Waals surface area contributed by atoms with Gasteiger partial charge in [-0.1, -0.05) is 48.5 Å². The number of benzene rings is 4. The zero-order chi connectivity index (χ0) is 29.8. The van der Waals surface area contributed by atoms with Crippen LogP contribution in [0.5, 0.6) is 0 Å². The predicted octanol–water partition coefficient (Wildman–Crippen LogP) is 7.16. The molecule has 0 atom stereocenters. The molecule has 1 aliphatic rings. The number of amides is 1. The molecule has 1 aliphatic heterocycles. The standard InChI is InChI=1S/C35H33N3O4S/c1-25-31-24-30(16-17-32(31)42-33(25)35(40)41)43-38(19-18-26-8-4-2-5-9-26)29-14-12-28(13-15-29)36-20-22-37(23-21-36)34(39)27-10-6-3-7-11-27/h2-17,24H,18-23H2,1H3,(H,40,41). The first-order chi connectivity index (χ1) is 21.0. The predicted molar refractivity (Wildman–Crippen MR) is 172 cm³/mol. The maximum absolute atomic E-state index is 12.9. The molecular formula is C35H33N3O4S. The van der Waals surface area contributed by atoms with Gasteiger partial charge in [0.05, 0.1) is 0 Å². The van der Waals surface area contributed by atoms with E-state index in [1.54, 1.807) is 18.9 Å². The summed E-state index contributed by atoms with van der Waals surface area (Å²) < 4.78 is 7.85. The molecule has 218 valence electrons. The number of piperazine rings is 1. The highest BCUT2D eigenvalue weighted by molar-refractivity contribution is 8.00.